The molecular formula is C26H29N3O3. The summed E-state index contributed by atoms with van der Waals surface area (Å²) >= 11 is 0. The highest BCUT2D eigenvalue weighted by Gasteiger charge is 2.31. The largest absolute Gasteiger partial charge is 0.481 e. The first-order valence-corrected chi connectivity index (χ1v) is 11.1. The van der Waals surface area contributed by atoms with E-state index in [1.54, 1.807) is 6.92 Å². The average Bonchev–Trinajstić information content (AvgIpc) is 2.79. The second-order valence-corrected chi connectivity index (χ2v) is 8.63. The number of nitrogens with zero attached hydrogens (tertiary/aromatic N) is 2. The number of ether oxygens (including phenoxy) is 1. The molecule has 1 aromatic heterocycles. The van der Waals surface area contributed by atoms with Gasteiger partial charge in [0.1, 0.15) is 5.75 Å². The zero-order valence-electron chi connectivity index (χ0n) is 18.8. The maximum absolute atomic E-state index is 13.2. The first kappa shape index (κ1) is 21.8. The van der Waals surface area contributed by atoms with Crippen LogP contribution in [0.3, 0.4) is 0 Å². The number of fused-ring (bicyclic) bond motifs is 1. The number of piperidine rings is 1. The van der Waals surface area contributed by atoms with Crippen molar-refractivity contribution >= 4 is 22.7 Å². The molecule has 6 nitrogen and oxygen atoms in total. The number of primary amides is 1. The number of pyridine rings is 1. The summed E-state index contributed by atoms with van der Waals surface area (Å²) in [7, 11) is 0. The number of hydrogen-bond acceptors (Lipinski definition) is 4. The van der Waals surface area contributed by atoms with Crippen LogP contribution in [0.4, 0.5) is 0 Å². The highest BCUT2D eigenvalue weighted by atomic mass is 16.5. The van der Waals surface area contributed by atoms with Crippen LogP contribution in [0.5, 0.6) is 5.75 Å². The van der Waals surface area contributed by atoms with Gasteiger partial charge in [-0.05, 0) is 57.4 Å². The van der Waals surface area contributed by atoms with E-state index in [2.05, 4.69) is 0 Å². The summed E-state index contributed by atoms with van der Waals surface area (Å²) < 4.78 is 5.99. The fraction of sp³-hybridized carbons (Fsp3) is 0.346. The lowest BCUT2D eigenvalue weighted by Gasteiger charge is -2.34. The van der Waals surface area contributed by atoms with Gasteiger partial charge < -0.3 is 15.4 Å². The maximum atomic E-state index is 13.2. The van der Waals surface area contributed by atoms with E-state index in [0.29, 0.717) is 24.3 Å². The number of carbonyl (C=O) groups excluding carboxylic acids is 2. The molecule has 0 aliphatic carbocycles. The smallest absolute Gasteiger partial charge is 0.263 e. The quantitative estimate of drug-likeness (QED) is 0.658. The predicted octanol–water partition coefficient (Wildman–Crippen LogP) is 4.12. The van der Waals surface area contributed by atoms with Crippen molar-refractivity contribution in [3.8, 4) is 5.75 Å². The van der Waals surface area contributed by atoms with Crippen LogP contribution in [0.2, 0.25) is 0 Å². The molecule has 1 saturated heterocycles. The van der Waals surface area contributed by atoms with Gasteiger partial charge >= 0.3 is 0 Å². The molecule has 2 N–H and O–H groups in total. The van der Waals surface area contributed by atoms with Gasteiger partial charge in [-0.25, -0.2) is 0 Å². The van der Waals surface area contributed by atoms with E-state index in [4.69, 9.17) is 15.5 Å². The number of carbonyl (C=O) groups is 2. The molecular weight excluding hydrogens is 402 g/mol. The van der Waals surface area contributed by atoms with Crippen molar-refractivity contribution in [2.24, 2.45) is 5.73 Å². The van der Waals surface area contributed by atoms with Crippen molar-refractivity contribution in [2.75, 3.05) is 13.1 Å². The molecule has 2 atom stereocenters. The molecule has 2 aromatic carbocycles. The lowest BCUT2D eigenvalue weighted by Crippen LogP contribution is -2.45. The lowest BCUT2D eigenvalue weighted by molar-refractivity contribution is -0.139. The molecule has 0 saturated carbocycles. The zero-order valence-corrected chi connectivity index (χ0v) is 18.8. The minimum absolute atomic E-state index is 0.0480. The minimum atomic E-state index is -0.602. The molecule has 166 valence electrons. The van der Waals surface area contributed by atoms with Gasteiger partial charge in [-0.15, -0.1) is 0 Å². The van der Waals surface area contributed by atoms with Crippen molar-refractivity contribution in [1.29, 1.82) is 0 Å². The van der Waals surface area contributed by atoms with E-state index in [1.807, 2.05) is 67.3 Å². The SMILES string of the molecule is Cc1ccc(O[C@@H](C)C(=O)N2CCC[C@H](c3nc4ccccc4cc3C(N)=O)C2)c(C)c1. The number of aromatic nitrogens is 1. The van der Waals surface area contributed by atoms with E-state index in [0.717, 1.165) is 40.6 Å². The van der Waals surface area contributed by atoms with E-state index in [9.17, 15) is 9.59 Å². The van der Waals surface area contributed by atoms with Crippen molar-refractivity contribution in [2.45, 2.75) is 45.6 Å². The van der Waals surface area contributed by atoms with Crippen LogP contribution >= 0.6 is 0 Å². The van der Waals surface area contributed by atoms with Gasteiger partial charge in [-0.2, -0.15) is 0 Å². The number of likely N-dealkylation sites (tertiary alicyclic amines) is 1. The number of benzene rings is 2. The lowest BCUT2D eigenvalue weighted by atomic mass is 9.90. The van der Waals surface area contributed by atoms with Crippen LogP contribution in [-0.4, -0.2) is 40.9 Å². The van der Waals surface area contributed by atoms with Crippen molar-refractivity contribution in [3.05, 3.63) is 70.9 Å². The summed E-state index contributed by atoms with van der Waals surface area (Å²) in [5, 5.41) is 0.879. The van der Waals surface area contributed by atoms with Crippen molar-refractivity contribution in [3.63, 3.8) is 0 Å². The van der Waals surface area contributed by atoms with E-state index >= 15 is 0 Å². The molecule has 0 spiro atoms. The Hall–Kier alpha value is -3.41. The topological polar surface area (TPSA) is 85.5 Å². The monoisotopic (exact) mass is 431 g/mol. The van der Waals surface area contributed by atoms with Gasteiger partial charge in [0.05, 0.1) is 16.8 Å². The van der Waals surface area contributed by atoms with Crippen molar-refractivity contribution in [1.82, 2.24) is 9.88 Å². The third-order valence-corrected chi connectivity index (χ3v) is 6.12. The van der Waals surface area contributed by atoms with Crippen LogP contribution in [0.1, 0.15) is 52.9 Å². The first-order chi connectivity index (χ1) is 15.3. The molecule has 0 bridgehead atoms. The summed E-state index contributed by atoms with van der Waals surface area (Å²) in [6.45, 7) is 6.95. The summed E-state index contributed by atoms with van der Waals surface area (Å²) in [6, 6.07) is 15.4. The molecule has 32 heavy (non-hydrogen) atoms. The molecule has 3 aromatic rings. The van der Waals surface area contributed by atoms with E-state index in [-0.39, 0.29) is 11.8 Å². The summed E-state index contributed by atoms with van der Waals surface area (Å²) in [6.07, 6.45) is 1.08. The third-order valence-electron chi connectivity index (χ3n) is 6.12. The van der Waals surface area contributed by atoms with Crippen molar-refractivity contribution < 1.29 is 14.3 Å². The molecule has 1 fully saturated rings. The Kier molecular flexibility index (Phi) is 6.12. The Bertz CT molecular complexity index is 1170. The van der Waals surface area contributed by atoms with Crippen LogP contribution in [0, 0.1) is 13.8 Å². The fourth-order valence-corrected chi connectivity index (χ4v) is 4.47. The Balaban J connectivity index is 1.55. The van der Waals surface area contributed by atoms with Crippen LogP contribution in [-0.2, 0) is 4.79 Å². The number of amides is 2. The maximum Gasteiger partial charge on any atom is 0.263 e. The average molecular weight is 432 g/mol. The number of aryl methyl sites for hydroxylation is 2. The normalized spacial score (nSPS) is 17.2. The number of para-hydroxylation sites is 1. The van der Waals surface area contributed by atoms with Gasteiger partial charge in [0.15, 0.2) is 6.10 Å². The minimum Gasteiger partial charge on any atom is -0.481 e. The summed E-state index contributed by atoms with van der Waals surface area (Å²) in [5.74, 6) is 0.120. The number of hydrogen-bond donors (Lipinski definition) is 1. The van der Waals surface area contributed by atoms with Gasteiger partial charge in [0, 0.05) is 24.4 Å². The highest BCUT2D eigenvalue weighted by molar-refractivity contribution is 5.97. The Morgan fingerprint density at radius 1 is 1.16 bits per heavy atom. The number of nitrogens with two attached hydrogens (primary N) is 1. The third kappa shape index (κ3) is 4.44. The Morgan fingerprint density at radius 3 is 2.69 bits per heavy atom. The molecule has 2 amide bonds. The number of rotatable bonds is 5. The van der Waals surface area contributed by atoms with Gasteiger partial charge in [-0.3, -0.25) is 14.6 Å². The molecule has 2 heterocycles. The van der Waals surface area contributed by atoms with Crippen LogP contribution in [0.25, 0.3) is 10.9 Å². The first-order valence-electron chi connectivity index (χ1n) is 11.1. The molecule has 6 heteroatoms. The Morgan fingerprint density at radius 2 is 1.94 bits per heavy atom. The van der Waals surface area contributed by atoms with Crippen LogP contribution < -0.4 is 10.5 Å². The Labute approximate surface area is 188 Å². The molecule has 4 rings (SSSR count). The zero-order chi connectivity index (χ0) is 22.8. The summed E-state index contributed by atoms with van der Waals surface area (Å²) in [5.41, 5.74) is 9.78. The predicted molar refractivity (Wildman–Crippen MR) is 125 cm³/mol. The molecule has 0 unspecified atom stereocenters. The highest BCUT2D eigenvalue weighted by Crippen LogP contribution is 2.31. The molecule has 0 radical (unpaired) electrons. The van der Waals surface area contributed by atoms with Gasteiger partial charge in [0.25, 0.3) is 11.8 Å². The summed E-state index contributed by atoms with van der Waals surface area (Å²) in [4.78, 5) is 31.9. The van der Waals surface area contributed by atoms with E-state index < -0.39 is 12.0 Å². The van der Waals surface area contributed by atoms with Gasteiger partial charge in [0.2, 0.25) is 0 Å². The van der Waals surface area contributed by atoms with E-state index in [1.165, 1.54) is 0 Å². The van der Waals surface area contributed by atoms with Gasteiger partial charge in [-0.1, -0.05) is 35.9 Å². The second kappa shape index (κ2) is 8.99. The standard InChI is InChI=1S/C26H29N3O3/c1-16-10-11-23(17(2)13-16)32-18(3)26(31)29-12-6-8-20(15-29)24-21(25(27)30)14-19-7-4-5-9-22(19)28-24/h4-5,7,9-11,13-14,18,20H,6,8,12,15H2,1-3H3,(H2,27,30)/t18-,20-/m0/s1. The second-order valence-electron chi connectivity index (χ2n) is 8.63. The molecule has 1 aliphatic rings. The molecule has 1 aliphatic heterocycles. The fourth-order valence-electron chi connectivity index (χ4n) is 4.47. The van der Waals surface area contributed by atoms with Crippen LogP contribution in [0.15, 0.2) is 48.5 Å².